The van der Waals surface area contributed by atoms with Gasteiger partial charge in [0.05, 0.1) is 18.1 Å². The van der Waals surface area contributed by atoms with Crippen LogP contribution in [0, 0.1) is 11.8 Å². The van der Waals surface area contributed by atoms with Crippen molar-refractivity contribution < 1.29 is 9.53 Å². The summed E-state index contributed by atoms with van der Waals surface area (Å²) in [6.07, 6.45) is 6.06. The van der Waals surface area contributed by atoms with Crippen molar-refractivity contribution in [2.24, 2.45) is 17.6 Å². The number of hydrogen-bond acceptors (Lipinski definition) is 4. The Labute approximate surface area is 140 Å². The largest absolute Gasteiger partial charge is 0.373 e. The van der Waals surface area contributed by atoms with Crippen LogP contribution in [-0.2, 0) is 9.53 Å². The first kappa shape index (κ1) is 17.2. The first-order valence-electron chi connectivity index (χ1n) is 9.45. The number of carbonyl (C=O) groups is 1. The van der Waals surface area contributed by atoms with E-state index >= 15 is 0 Å². The van der Waals surface area contributed by atoms with Gasteiger partial charge in [0.15, 0.2) is 0 Å². The minimum absolute atomic E-state index is 0.0903. The van der Waals surface area contributed by atoms with Crippen LogP contribution in [0.15, 0.2) is 0 Å². The molecule has 3 rings (SSSR count). The molecule has 3 fully saturated rings. The zero-order valence-electron chi connectivity index (χ0n) is 14.7. The van der Waals surface area contributed by atoms with Crippen molar-refractivity contribution in [2.45, 2.75) is 64.2 Å². The predicted octanol–water partition coefficient (Wildman–Crippen LogP) is 1.46. The summed E-state index contributed by atoms with van der Waals surface area (Å²) in [4.78, 5) is 17.2. The number of carbonyl (C=O) groups excluding carboxylic acids is 1. The Bertz CT molecular complexity index is 399. The molecule has 1 saturated carbocycles. The second-order valence-corrected chi connectivity index (χ2v) is 7.95. The summed E-state index contributed by atoms with van der Waals surface area (Å²) >= 11 is 0. The molecular weight excluding hydrogens is 290 g/mol. The summed E-state index contributed by atoms with van der Waals surface area (Å²) in [6.45, 7) is 9.40. The maximum absolute atomic E-state index is 12.6. The van der Waals surface area contributed by atoms with Gasteiger partial charge in [-0.15, -0.1) is 0 Å². The van der Waals surface area contributed by atoms with E-state index in [9.17, 15) is 4.79 Å². The fourth-order valence-corrected chi connectivity index (χ4v) is 4.66. The lowest BCUT2D eigenvalue weighted by Crippen LogP contribution is -2.49. The Morgan fingerprint density at radius 3 is 2.30 bits per heavy atom. The summed E-state index contributed by atoms with van der Waals surface area (Å²) in [6, 6.07) is 0.0940. The van der Waals surface area contributed by atoms with Crippen LogP contribution in [0.1, 0.15) is 46.0 Å². The Morgan fingerprint density at radius 1 is 1.09 bits per heavy atom. The van der Waals surface area contributed by atoms with E-state index in [-0.39, 0.29) is 12.0 Å². The van der Waals surface area contributed by atoms with E-state index in [0.717, 1.165) is 64.8 Å². The third kappa shape index (κ3) is 4.25. The molecule has 4 atom stereocenters. The van der Waals surface area contributed by atoms with E-state index in [4.69, 9.17) is 10.5 Å². The molecule has 0 aromatic carbocycles. The number of nitrogens with zero attached hydrogens (tertiary/aromatic N) is 2. The molecule has 3 aliphatic rings. The minimum atomic E-state index is 0.0903. The standard InChI is InChI=1S/C18H33N3O2/c1-13-10-20(11-14(2)23-13)12-15-6-8-21(9-7-15)18(22)16-4-3-5-17(16)19/h13-17H,3-12,19H2,1-2H3/t13-,14+,16-,17-/m1/s1. The summed E-state index contributed by atoms with van der Waals surface area (Å²) < 4.78 is 5.81. The maximum Gasteiger partial charge on any atom is 0.227 e. The third-order valence-corrected chi connectivity index (χ3v) is 5.82. The van der Waals surface area contributed by atoms with Gasteiger partial charge in [0.1, 0.15) is 0 Å². The van der Waals surface area contributed by atoms with Gasteiger partial charge in [-0.3, -0.25) is 9.69 Å². The molecule has 0 bridgehead atoms. The molecule has 2 saturated heterocycles. The molecule has 0 aromatic rings. The van der Waals surface area contributed by atoms with Gasteiger partial charge in [0.2, 0.25) is 5.91 Å². The Morgan fingerprint density at radius 2 is 1.74 bits per heavy atom. The lowest BCUT2D eigenvalue weighted by atomic mass is 9.93. The van der Waals surface area contributed by atoms with E-state index < -0.39 is 0 Å². The lowest BCUT2D eigenvalue weighted by molar-refractivity contribution is -0.137. The fraction of sp³-hybridized carbons (Fsp3) is 0.944. The maximum atomic E-state index is 12.6. The summed E-state index contributed by atoms with van der Waals surface area (Å²) in [5, 5.41) is 0. The number of amides is 1. The molecule has 0 unspecified atom stereocenters. The van der Waals surface area contributed by atoms with Gasteiger partial charge < -0.3 is 15.4 Å². The van der Waals surface area contributed by atoms with Gasteiger partial charge in [-0.2, -0.15) is 0 Å². The second kappa shape index (κ2) is 7.49. The van der Waals surface area contributed by atoms with Crippen molar-refractivity contribution in [3.05, 3.63) is 0 Å². The monoisotopic (exact) mass is 323 g/mol. The fourth-order valence-electron chi connectivity index (χ4n) is 4.66. The van der Waals surface area contributed by atoms with Crippen LogP contribution < -0.4 is 5.73 Å². The van der Waals surface area contributed by atoms with E-state index in [0.29, 0.717) is 24.0 Å². The van der Waals surface area contributed by atoms with Crippen LogP contribution in [-0.4, -0.2) is 66.7 Å². The molecular formula is C18H33N3O2. The number of morpholine rings is 1. The van der Waals surface area contributed by atoms with E-state index in [1.165, 1.54) is 0 Å². The molecule has 5 nitrogen and oxygen atoms in total. The van der Waals surface area contributed by atoms with Gasteiger partial charge >= 0.3 is 0 Å². The highest BCUT2D eigenvalue weighted by Crippen LogP contribution is 2.28. The number of nitrogens with two attached hydrogens (primary N) is 1. The number of ether oxygens (including phenoxy) is 1. The second-order valence-electron chi connectivity index (χ2n) is 7.95. The zero-order chi connectivity index (χ0) is 16.4. The highest BCUT2D eigenvalue weighted by atomic mass is 16.5. The third-order valence-electron chi connectivity index (χ3n) is 5.82. The van der Waals surface area contributed by atoms with Gasteiger partial charge in [0.25, 0.3) is 0 Å². The average molecular weight is 323 g/mol. The highest BCUT2D eigenvalue weighted by Gasteiger charge is 2.35. The Hall–Kier alpha value is -0.650. The summed E-state index contributed by atoms with van der Waals surface area (Å²) in [5.74, 6) is 1.13. The molecule has 2 N–H and O–H groups in total. The van der Waals surface area contributed by atoms with Crippen molar-refractivity contribution in [1.29, 1.82) is 0 Å². The molecule has 1 amide bonds. The van der Waals surface area contributed by atoms with Crippen LogP contribution in [0.4, 0.5) is 0 Å². The summed E-state index contributed by atoms with van der Waals surface area (Å²) in [5.41, 5.74) is 6.10. The number of likely N-dealkylation sites (tertiary alicyclic amines) is 1. The van der Waals surface area contributed by atoms with Crippen molar-refractivity contribution >= 4 is 5.91 Å². The van der Waals surface area contributed by atoms with Gasteiger partial charge in [-0.1, -0.05) is 6.42 Å². The van der Waals surface area contributed by atoms with Crippen LogP contribution in [0.3, 0.4) is 0 Å². The SMILES string of the molecule is C[C@@H]1CN(CC2CCN(C(=O)[C@@H]3CCC[C@H]3N)CC2)C[C@H](C)O1. The van der Waals surface area contributed by atoms with Gasteiger partial charge in [-0.05, 0) is 45.4 Å². The van der Waals surface area contributed by atoms with Crippen LogP contribution in [0.2, 0.25) is 0 Å². The summed E-state index contributed by atoms with van der Waals surface area (Å²) in [7, 11) is 0. The average Bonchev–Trinajstić information content (AvgIpc) is 2.92. The molecule has 2 heterocycles. The normalized spacial score (nSPS) is 37.3. The Balaban J connectivity index is 1.44. The molecule has 2 aliphatic heterocycles. The van der Waals surface area contributed by atoms with E-state index in [1.807, 2.05) is 0 Å². The first-order chi connectivity index (χ1) is 11.0. The quantitative estimate of drug-likeness (QED) is 0.854. The highest BCUT2D eigenvalue weighted by molar-refractivity contribution is 5.80. The number of hydrogen-bond donors (Lipinski definition) is 1. The van der Waals surface area contributed by atoms with E-state index in [1.54, 1.807) is 0 Å². The van der Waals surface area contributed by atoms with Crippen molar-refractivity contribution in [2.75, 3.05) is 32.7 Å². The van der Waals surface area contributed by atoms with Crippen molar-refractivity contribution in [3.63, 3.8) is 0 Å². The number of piperidine rings is 1. The van der Waals surface area contributed by atoms with Crippen molar-refractivity contribution in [1.82, 2.24) is 9.80 Å². The molecule has 0 aromatic heterocycles. The van der Waals surface area contributed by atoms with Crippen LogP contribution in [0.25, 0.3) is 0 Å². The van der Waals surface area contributed by atoms with Crippen molar-refractivity contribution in [3.8, 4) is 0 Å². The molecule has 23 heavy (non-hydrogen) atoms. The zero-order valence-corrected chi connectivity index (χ0v) is 14.7. The molecule has 0 spiro atoms. The topological polar surface area (TPSA) is 58.8 Å². The first-order valence-corrected chi connectivity index (χ1v) is 9.45. The molecule has 132 valence electrons. The number of rotatable bonds is 3. The molecule has 1 aliphatic carbocycles. The van der Waals surface area contributed by atoms with E-state index in [2.05, 4.69) is 23.6 Å². The van der Waals surface area contributed by atoms with Crippen LogP contribution >= 0.6 is 0 Å². The minimum Gasteiger partial charge on any atom is -0.373 e. The Kier molecular flexibility index (Phi) is 5.60. The van der Waals surface area contributed by atoms with Gasteiger partial charge in [0, 0.05) is 38.8 Å². The smallest absolute Gasteiger partial charge is 0.227 e. The van der Waals surface area contributed by atoms with Gasteiger partial charge in [-0.25, -0.2) is 0 Å². The molecule has 0 radical (unpaired) electrons. The predicted molar refractivity (Wildman–Crippen MR) is 91.1 cm³/mol. The molecule has 5 heteroatoms. The van der Waals surface area contributed by atoms with Crippen LogP contribution in [0.5, 0.6) is 0 Å². The lowest BCUT2D eigenvalue weighted by Gasteiger charge is -2.40.